The topological polar surface area (TPSA) is 55.4 Å². The third-order valence-corrected chi connectivity index (χ3v) is 26.0. The first-order valence-electron chi connectivity index (χ1n) is 42.5. The van der Waals surface area contributed by atoms with Gasteiger partial charge in [0, 0.05) is 104 Å². The molecule has 0 saturated heterocycles. The molecule has 0 saturated carbocycles. The molecule has 8 nitrogen and oxygen atoms in total. The van der Waals surface area contributed by atoms with E-state index >= 15 is 0 Å². The van der Waals surface area contributed by atoms with E-state index in [-0.39, 0.29) is 0 Å². The highest BCUT2D eigenvalue weighted by Gasteiger charge is 2.26. The first kappa shape index (κ1) is 69.3. The molecule has 0 aliphatic carbocycles. The van der Waals surface area contributed by atoms with Crippen molar-refractivity contribution in [2.24, 2.45) is 0 Å². The summed E-state index contributed by atoms with van der Waals surface area (Å²) in [5.74, 6) is 0.575. The van der Waals surface area contributed by atoms with Crippen molar-refractivity contribution >= 4 is 142 Å². The van der Waals surface area contributed by atoms with E-state index in [1.165, 1.54) is 76.2 Å². The van der Waals surface area contributed by atoms with Crippen LogP contribution >= 0.6 is 0 Å². The van der Waals surface area contributed by atoms with Gasteiger partial charge in [-0.2, -0.15) is 0 Å². The Labute approximate surface area is 712 Å². The smallest absolute Gasteiger partial charge is 0.235 e. The third-order valence-electron chi connectivity index (χ3n) is 26.0. The van der Waals surface area contributed by atoms with Crippen molar-refractivity contribution in [3.05, 3.63) is 437 Å². The van der Waals surface area contributed by atoms with Gasteiger partial charge in [0.25, 0.3) is 0 Å². The first-order valence-corrected chi connectivity index (χ1v) is 42.5. The second kappa shape index (κ2) is 27.4. The van der Waals surface area contributed by atoms with Crippen LogP contribution in [0.3, 0.4) is 0 Å². The minimum Gasteiger partial charge on any atom is -0.309 e. The summed E-state index contributed by atoms with van der Waals surface area (Å²) in [6.07, 6.45) is 0. The van der Waals surface area contributed by atoms with Gasteiger partial charge in [-0.1, -0.05) is 249 Å². The van der Waals surface area contributed by atoms with Gasteiger partial charge in [-0.15, -0.1) is 0 Å². The number of fused-ring (bicyclic) bond motifs is 19. The summed E-state index contributed by atoms with van der Waals surface area (Å²) in [6, 6.07) is 161. The van der Waals surface area contributed by atoms with Gasteiger partial charge in [-0.3, -0.25) is 4.57 Å². The van der Waals surface area contributed by atoms with E-state index in [1.54, 1.807) is 0 Å². The van der Waals surface area contributed by atoms with Gasteiger partial charge in [0.05, 0.1) is 77.4 Å². The van der Waals surface area contributed by atoms with E-state index in [9.17, 15) is 0 Å². The Balaban J connectivity index is 0.681. The maximum absolute atomic E-state index is 6.03. The van der Waals surface area contributed by atoms with Gasteiger partial charge in [0.2, 0.25) is 5.95 Å². The average Bonchev–Trinajstić information content (AvgIpc) is 1.54. The predicted molar refractivity (Wildman–Crippen MR) is 518 cm³/mol. The molecule has 0 amide bonds. The first-order chi connectivity index (χ1) is 61.5. The molecular formula is C116H72N8. The minimum atomic E-state index is 0.575. The van der Waals surface area contributed by atoms with Crippen LogP contribution in [-0.4, -0.2) is 37.4 Å². The van der Waals surface area contributed by atoms with Gasteiger partial charge < -0.3 is 22.8 Å². The zero-order valence-corrected chi connectivity index (χ0v) is 67.1. The quantitative estimate of drug-likeness (QED) is 0.122. The predicted octanol–water partition coefficient (Wildman–Crippen LogP) is 30.2. The van der Waals surface area contributed by atoms with Crippen LogP contribution in [0.5, 0.6) is 0 Å². The third kappa shape index (κ3) is 10.7. The summed E-state index contributed by atoms with van der Waals surface area (Å²) in [5, 5.41) is 15.1. The lowest BCUT2D eigenvalue weighted by Crippen LogP contribution is -2.04. The molecule has 7 heterocycles. The molecule has 0 unspecified atom stereocenters. The fourth-order valence-corrected chi connectivity index (χ4v) is 20.4. The van der Waals surface area contributed by atoms with Crippen LogP contribution in [0.4, 0.5) is 0 Å². The zero-order valence-electron chi connectivity index (χ0n) is 67.1. The van der Waals surface area contributed by atoms with Gasteiger partial charge in [0.15, 0.2) is 0 Å². The minimum absolute atomic E-state index is 0.575. The lowest BCUT2D eigenvalue weighted by molar-refractivity contribution is 1.01. The molecule has 7 aromatic heterocycles. The standard InChI is InChI=1S/C116H72N8/c1-6-26-73(27-7-1)87-36-16-17-41-92(87)115-101-72-86(123-111-60-50-78(74-46-56-107-93(64-74)88-37-18-22-42-103(88)119(107)82-28-8-2-9-29-82)68-97(111)98-69-79(51-61-112(98)123)75-47-57-108-94(65-75)89-38-19-23-43-104(89)120(108)83-30-10-3-11-31-83)54-55-102(101)117-116(118-115)124-113-62-52-80(76-48-58-109-95(66-76)90-39-20-24-44-105(90)121(109)84-32-12-4-13-33-84)70-99(113)100-71-81(53-63-114(100)124)77-49-59-110-96(67-77)91-40-21-25-45-106(91)122(110)85-34-14-5-15-35-85/h1-72H. The molecule has 0 atom stereocenters. The molecule has 0 N–H and O–H groups in total. The van der Waals surface area contributed by atoms with Crippen molar-refractivity contribution in [2.75, 3.05) is 0 Å². The highest BCUT2D eigenvalue weighted by Crippen LogP contribution is 2.47. The summed E-state index contributed by atoms with van der Waals surface area (Å²) < 4.78 is 14.3. The Bertz CT molecular complexity index is 8480. The van der Waals surface area contributed by atoms with Crippen LogP contribution in [-0.2, 0) is 0 Å². The Morgan fingerprint density at radius 3 is 0.694 bits per heavy atom. The van der Waals surface area contributed by atoms with Crippen molar-refractivity contribution in [3.8, 4) is 101 Å². The van der Waals surface area contributed by atoms with Crippen LogP contribution < -0.4 is 0 Å². The van der Waals surface area contributed by atoms with Gasteiger partial charge in [-0.05, 0) is 244 Å². The number of hydrogen-bond donors (Lipinski definition) is 0. The van der Waals surface area contributed by atoms with Crippen LogP contribution in [0.25, 0.3) is 243 Å². The maximum atomic E-state index is 6.03. The molecule has 124 heavy (non-hydrogen) atoms. The van der Waals surface area contributed by atoms with E-state index in [2.05, 4.69) is 464 Å². The SMILES string of the molecule is c1ccc(-c2ccccc2-c2nc(-n3c4ccc(-c5ccc6c(c5)c5ccccc5n6-c5ccccc5)cc4c4cc(-c5ccc6c(c5)c5ccccc5n6-c5ccccc5)ccc43)nc3ccc(-n4c5ccc(-c6ccc7c(c6)c6ccccc6n7-c6ccccc6)cc5c5cc(-c6ccc7c(c6)c6ccccc6n7-c6ccccc6)ccc54)cc23)cc1. The molecule has 0 bridgehead atoms. The van der Waals surface area contributed by atoms with Gasteiger partial charge >= 0.3 is 0 Å². The van der Waals surface area contributed by atoms with Crippen LogP contribution in [0.2, 0.25) is 0 Å². The monoisotopic (exact) mass is 1580 g/mol. The van der Waals surface area contributed by atoms with E-state index in [1.807, 2.05) is 0 Å². The van der Waals surface area contributed by atoms with E-state index in [4.69, 9.17) is 9.97 Å². The largest absolute Gasteiger partial charge is 0.309 e. The Hall–Kier alpha value is -16.7. The number of hydrogen-bond acceptors (Lipinski definition) is 2. The second-order valence-electron chi connectivity index (χ2n) is 32.8. The normalized spacial score (nSPS) is 12.0. The summed E-state index contributed by atoms with van der Waals surface area (Å²) in [6.45, 7) is 0. The molecule has 26 rings (SSSR count). The lowest BCUT2D eigenvalue weighted by Gasteiger charge is -2.16. The lowest BCUT2D eigenvalue weighted by atomic mass is 9.95. The van der Waals surface area contributed by atoms with Crippen LogP contribution in [0.1, 0.15) is 0 Å². The van der Waals surface area contributed by atoms with E-state index < -0.39 is 0 Å². The average molecular weight is 1580 g/mol. The van der Waals surface area contributed by atoms with Crippen molar-refractivity contribution < 1.29 is 0 Å². The molecule has 0 spiro atoms. The molecule has 0 radical (unpaired) electrons. The highest BCUT2D eigenvalue weighted by atomic mass is 15.2. The number of nitrogens with zero attached hydrogens (tertiary/aromatic N) is 8. The highest BCUT2D eigenvalue weighted by molar-refractivity contribution is 6.18. The molecule has 576 valence electrons. The number of rotatable bonds is 12. The zero-order chi connectivity index (χ0) is 81.2. The molecule has 0 aliphatic heterocycles. The van der Waals surface area contributed by atoms with Crippen LogP contribution in [0, 0.1) is 0 Å². The fraction of sp³-hybridized carbons (Fsp3) is 0. The fourth-order valence-electron chi connectivity index (χ4n) is 20.4. The Morgan fingerprint density at radius 1 is 0.137 bits per heavy atom. The maximum Gasteiger partial charge on any atom is 0.235 e. The molecule has 19 aromatic carbocycles. The van der Waals surface area contributed by atoms with E-state index in [0.717, 1.165) is 161 Å². The van der Waals surface area contributed by atoms with Crippen molar-refractivity contribution in [1.82, 2.24) is 37.4 Å². The van der Waals surface area contributed by atoms with E-state index in [0.29, 0.717) is 5.95 Å². The van der Waals surface area contributed by atoms with Crippen molar-refractivity contribution in [3.63, 3.8) is 0 Å². The van der Waals surface area contributed by atoms with Crippen molar-refractivity contribution in [1.29, 1.82) is 0 Å². The molecule has 0 fully saturated rings. The number of aromatic nitrogens is 8. The van der Waals surface area contributed by atoms with Gasteiger partial charge in [-0.25, -0.2) is 9.97 Å². The Kier molecular flexibility index (Phi) is 15.3. The summed E-state index contributed by atoms with van der Waals surface area (Å²) in [4.78, 5) is 11.9. The van der Waals surface area contributed by atoms with Gasteiger partial charge in [0.1, 0.15) is 0 Å². The molecule has 0 aliphatic rings. The second-order valence-corrected chi connectivity index (χ2v) is 32.8. The van der Waals surface area contributed by atoms with Crippen LogP contribution in [0.15, 0.2) is 437 Å². The molecule has 8 heteroatoms. The summed E-state index contributed by atoms with van der Waals surface area (Å²) >= 11 is 0. The summed E-state index contributed by atoms with van der Waals surface area (Å²) in [5.41, 5.74) is 33.0. The summed E-state index contributed by atoms with van der Waals surface area (Å²) in [7, 11) is 0. The molecular weight excluding hydrogens is 1510 g/mol. The number of benzene rings is 19. The Morgan fingerprint density at radius 2 is 0.379 bits per heavy atom. The number of para-hydroxylation sites is 8. The van der Waals surface area contributed by atoms with Crippen molar-refractivity contribution in [2.45, 2.75) is 0 Å². The molecule has 26 aromatic rings.